The molecule has 1 aliphatic heterocycles. The Kier molecular flexibility index (Phi) is 8.24. The normalized spacial score (nSPS) is 17.0. The van der Waals surface area contributed by atoms with Crippen LogP contribution in [0.25, 0.3) is 11.4 Å². The van der Waals surface area contributed by atoms with Crippen LogP contribution in [-0.2, 0) is 31.0 Å². The Hall–Kier alpha value is -4.50. The molecular weight excluding hydrogens is 552 g/mol. The Labute approximate surface area is 249 Å². The van der Waals surface area contributed by atoms with Gasteiger partial charge in [0.2, 0.25) is 6.79 Å². The molecule has 2 unspecified atom stereocenters. The summed E-state index contributed by atoms with van der Waals surface area (Å²) in [4.78, 5) is 19.2. The fourth-order valence-electron chi connectivity index (χ4n) is 6.20. The van der Waals surface area contributed by atoms with E-state index in [0.29, 0.717) is 5.56 Å². The molecule has 2 heterocycles. The molecule has 222 valence electrons. The van der Waals surface area contributed by atoms with Crippen molar-refractivity contribution in [1.82, 2.24) is 14.9 Å². The molecule has 1 N–H and O–H groups in total. The first kappa shape index (κ1) is 28.6. The van der Waals surface area contributed by atoms with E-state index in [-0.39, 0.29) is 42.3 Å². The van der Waals surface area contributed by atoms with Gasteiger partial charge in [0.25, 0.3) is 5.91 Å². The smallest absolute Gasteiger partial charge is 0.254 e. The predicted molar refractivity (Wildman–Crippen MR) is 157 cm³/mol. The van der Waals surface area contributed by atoms with Gasteiger partial charge in [-0.3, -0.25) is 4.79 Å². The number of carbonyl (C=O) groups excluding carboxylic acids is 1. The zero-order chi connectivity index (χ0) is 29.8. The molecule has 3 aromatic carbocycles. The Morgan fingerprint density at radius 2 is 1.79 bits per heavy atom. The monoisotopic (exact) mass is 585 g/mol. The maximum atomic E-state index is 16.1. The molecule has 1 amide bonds. The second-order valence-electron chi connectivity index (χ2n) is 10.9. The van der Waals surface area contributed by atoms with Gasteiger partial charge in [-0.1, -0.05) is 79.6 Å². The summed E-state index contributed by atoms with van der Waals surface area (Å²) in [5.74, 6) is -2.18. The summed E-state index contributed by atoms with van der Waals surface area (Å²) in [6.45, 7) is -0.0774. The summed E-state index contributed by atoms with van der Waals surface area (Å²) in [6.07, 6.45) is 7.66. The molecule has 7 nitrogen and oxygen atoms in total. The molecule has 0 bridgehead atoms. The number of benzene rings is 3. The minimum atomic E-state index is -1.57. The molecule has 1 fully saturated rings. The summed E-state index contributed by atoms with van der Waals surface area (Å²) in [5, 5.41) is 3.23. The minimum Gasteiger partial charge on any atom is -0.461 e. The van der Waals surface area contributed by atoms with Gasteiger partial charge in [0, 0.05) is 32.0 Å². The van der Waals surface area contributed by atoms with Crippen molar-refractivity contribution in [2.75, 3.05) is 13.9 Å². The maximum absolute atomic E-state index is 16.1. The van der Waals surface area contributed by atoms with Crippen LogP contribution in [0.15, 0.2) is 97.2 Å². The highest BCUT2D eigenvalue weighted by Crippen LogP contribution is 2.42. The third-order valence-electron chi connectivity index (χ3n) is 8.27. The Morgan fingerprint density at radius 3 is 2.47 bits per heavy atom. The third kappa shape index (κ3) is 5.41. The lowest BCUT2D eigenvalue weighted by Gasteiger charge is -2.36. The van der Waals surface area contributed by atoms with Gasteiger partial charge >= 0.3 is 0 Å². The molecule has 1 aromatic heterocycles. The molecule has 1 saturated carbocycles. The van der Waals surface area contributed by atoms with Crippen molar-refractivity contribution in [3.63, 3.8) is 0 Å². The van der Waals surface area contributed by atoms with E-state index >= 15 is 8.78 Å². The maximum Gasteiger partial charge on any atom is 0.254 e. The number of imidazole rings is 1. The lowest BCUT2D eigenvalue weighted by molar-refractivity contribution is -0.130. The number of ether oxygens (including phenoxy) is 3. The average Bonchev–Trinajstić information content (AvgIpc) is 3.84. The van der Waals surface area contributed by atoms with E-state index in [2.05, 4.69) is 10.3 Å². The number of carbonyl (C=O) groups is 1. The van der Waals surface area contributed by atoms with E-state index < -0.39 is 23.3 Å². The Balaban J connectivity index is 1.58. The largest absolute Gasteiger partial charge is 0.461 e. The van der Waals surface area contributed by atoms with Crippen LogP contribution in [0.4, 0.5) is 8.78 Å². The number of aromatic nitrogens is 2. The van der Waals surface area contributed by atoms with E-state index in [4.69, 9.17) is 14.2 Å². The van der Waals surface area contributed by atoms with Crippen molar-refractivity contribution in [2.24, 2.45) is 0 Å². The molecule has 43 heavy (non-hydrogen) atoms. The number of methoxy groups -OCH3 is 1. The quantitative estimate of drug-likeness (QED) is 0.233. The minimum absolute atomic E-state index is 0.0186. The van der Waals surface area contributed by atoms with Crippen molar-refractivity contribution >= 4 is 5.91 Å². The lowest BCUT2D eigenvalue weighted by Crippen LogP contribution is -2.54. The summed E-state index contributed by atoms with van der Waals surface area (Å²) in [6, 6.07) is 21.3. The second-order valence-corrected chi connectivity index (χ2v) is 10.9. The first-order valence-electron chi connectivity index (χ1n) is 14.4. The van der Waals surface area contributed by atoms with Crippen LogP contribution in [0, 0.1) is 11.6 Å². The van der Waals surface area contributed by atoms with E-state index in [1.54, 1.807) is 10.8 Å². The zero-order valence-corrected chi connectivity index (χ0v) is 23.8. The fourth-order valence-corrected chi connectivity index (χ4v) is 6.20. The van der Waals surface area contributed by atoms with Crippen molar-refractivity contribution in [3.8, 4) is 11.4 Å². The number of nitrogens with zero attached hydrogens (tertiary/aromatic N) is 2. The molecule has 9 heteroatoms. The molecule has 6 rings (SSSR count). The highest BCUT2D eigenvalue weighted by Gasteiger charge is 2.50. The highest BCUT2D eigenvalue weighted by molar-refractivity contribution is 5.89. The second kappa shape index (κ2) is 12.4. The number of halogens is 2. The van der Waals surface area contributed by atoms with Gasteiger partial charge in [-0.15, -0.1) is 0 Å². The van der Waals surface area contributed by atoms with Crippen LogP contribution >= 0.6 is 0 Å². The summed E-state index contributed by atoms with van der Waals surface area (Å²) in [7, 11) is 1.51. The molecule has 0 spiro atoms. The predicted octanol–water partition coefficient (Wildman–Crippen LogP) is 6.41. The van der Waals surface area contributed by atoms with Crippen molar-refractivity contribution in [1.29, 1.82) is 0 Å². The Bertz CT molecular complexity index is 1600. The highest BCUT2D eigenvalue weighted by atomic mass is 19.2. The Morgan fingerprint density at radius 1 is 1.07 bits per heavy atom. The fraction of sp³-hybridized carbons (Fsp3) is 0.294. The molecule has 0 saturated heterocycles. The molecule has 2 aliphatic rings. The molecule has 0 radical (unpaired) electrons. The van der Waals surface area contributed by atoms with Crippen LogP contribution < -0.4 is 5.32 Å². The lowest BCUT2D eigenvalue weighted by atomic mass is 9.86. The average molecular weight is 586 g/mol. The van der Waals surface area contributed by atoms with E-state index in [1.807, 2.05) is 60.7 Å². The molecule has 1 aliphatic carbocycles. The number of nitrogens with one attached hydrogen (secondary N) is 1. The number of amides is 1. The van der Waals surface area contributed by atoms with Crippen molar-refractivity contribution < 1.29 is 27.8 Å². The third-order valence-corrected chi connectivity index (χ3v) is 8.27. The number of hydrogen-bond acceptors (Lipinski definition) is 5. The summed E-state index contributed by atoms with van der Waals surface area (Å²) >= 11 is 0. The number of hydrogen-bond donors (Lipinski definition) is 1. The summed E-state index contributed by atoms with van der Waals surface area (Å²) < 4.78 is 50.0. The first-order valence-corrected chi connectivity index (χ1v) is 14.4. The molecule has 4 aromatic rings. The molecular formula is C34H33F2N3O4. The van der Waals surface area contributed by atoms with Gasteiger partial charge in [-0.25, -0.2) is 13.8 Å². The molecule has 2 atom stereocenters. The van der Waals surface area contributed by atoms with Gasteiger partial charge in [0.05, 0.1) is 5.56 Å². The van der Waals surface area contributed by atoms with Crippen LogP contribution in [0.5, 0.6) is 0 Å². The van der Waals surface area contributed by atoms with Gasteiger partial charge in [-0.2, -0.15) is 0 Å². The number of rotatable bonds is 10. The van der Waals surface area contributed by atoms with Gasteiger partial charge in [0.15, 0.2) is 22.9 Å². The van der Waals surface area contributed by atoms with Crippen LogP contribution in [-0.4, -0.2) is 35.4 Å². The van der Waals surface area contributed by atoms with Crippen LogP contribution in [0.1, 0.15) is 48.5 Å². The van der Waals surface area contributed by atoms with Crippen LogP contribution in [0.2, 0.25) is 0 Å². The summed E-state index contributed by atoms with van der Waals surface area (Å²) in [5.41, 5.74) is 0.269. The SMILES string of the molecule is COC(c1ccccc1)c1ccc(F)c(F)c1-c1nccn1C(Cc1ccccc1)(C(=O)NC1CCCC1)C1=COCO1. The van der Waals surface area contributed by atoms with Gasteiger partial charge in [0.1, 0.15) is 18.2 Å². The standard InChI is InChI=1S/C34H33F2N3O4/c1-41-31(24-12-6-3-7-13-24)26-16-17-27(35)30(36)29(26)32-37-18-19-39(32)34(28-21-42-22-43-28,20-23-10-4-2-5-11-23)33(40)38-25-14-8-9-15-25/h2-7,10-13,16-19,21,25,31H,8-9,14-15,20,22H2,1H3,(H,38,40). The van der Waals surface area contributed by atoms with Crippen molar-refractivity contribution in [3.05, 3.63) is 126 Å². The van der Waals surface area contributed by atoms with E-state index in [0.717, 1.165) is 42.9 Å². The van der Waals surface area contributed by atoms with Gasteiger partial charge < -0.3 is 24.1 Å². The topological polar surface area (TPSA) is 74.6 Å². The zero-order valence-electron chi connectivity index (χ0n) is 23.8. The van der Waals surface area contributed by atoms with Crippen LogP contribution in [0.3, 0.4) is 0 Å². The first-order chi connectivity index (χ1) is 21.0. The van der Waals surface area contributed by atoms with Crippen molar-refractivity contribution in [2.45, 2.75) is 49.8 Å². The van der Waals surface area contributed by atoms with Gasteiger partial charge in [-0.05, 0) is 35.6 Å². The van der Waals surface area contributed by atoms with E-state index in [1.165, 1.54) is 25.6 Å². The van der Waals surface area contributed by atoms with E-state index in [9.17, 15) is 4.79 Å².